The molecule has 1 N–H and O–H groups in total. The molecule has 0 bridgehead atoms. The highest BCUT2D eigenvalue weighted by atomic mass is 16.3. The summed E-state index contributed by atoms with van der Waals surface area (Å²) in [5, 5.41) is 10.6. The zero-order chi connectivity index (χ0) is 20.5. The standard InChI is InChI=1S/C22H19N3O4/c1-13(2)14-6-8-15(9-7-14)18-17(19(26)16-5-3-12-29-16)20(27)21(28)25(18)22-23-10-4-11-24-22/h3-13,18,27H,1-2H3. The van der Waals surface area contributed by atoms with Gasteiger partial charge in [0.2, 0.25) is 11.7 Å². The maximum Gasteiger partial charge on any atom is 0.296 e. The predicted molar refractivity (Wildman–Crippen MR) is 105 cm³/mol. The van der Waals surface area contributed by atoms with Crippen molar-refractivity contribution in [3.63, 3.8) is 0 Å². The van der Waals surface area contributed by atoms with Gasteiger partial charge in [0.05, 0.1) is 17.9 Å². The minimum absolute atomic E-state index is 0.0407. The van der Waals surface area contributed by atoms with Crippen LogP contribution in [0.1, 0.15) is 47.5 Å². The molecule has 4 rings (SSSR count). The summed E-state index contributed by atoms with van der Waals surface area (Å²) >= 11 is 0. The van der Waals surface area contributed by atoms with E-state index in [-0.39, 0.29) is 17.3 Å². The molecule has 7 heteroatoms. The van der Waals surface area contributed by atoms with Crippen molar-refractivity contribution in [2.75, 3.05) is 4.90 Å². The van der Waals surface area contributed by atoms with Gasteiger partial charge in [-0.1, -0.05) is 38.1 Å². The molecular formula is C22H19N3O4. The van der Waals surface area contributed by atoms with E-state index in [4.69, 9.17) is 4.42 Å². The van der Waals surface area contributed by atoms with Crippen molar-refractivity contribution in [3.05, 3.63) is 89.3 Å². The number of ketones is 1. The average molecular weight is 389 g/mol. The Hall–Kier alpha value is -3.74. The number of hydrogen-bond acceptors (Lipinski definition) is 6. The molecule has 1 aliphatic rings. The van der Waals surface area contributed by atoms with E-state index in [1.54, 1.807) is 12.1 Å². The number of hydrogen-bond donors (Lipinski definition) is 1. The molecule has 3 heterocycles. The number of aromatic nitrogens is 2. The number of amides is 1. The largest absolute Gasteiger partial charge is 0.503 e. The topological polar surface area (TPSA) is 96.5 Å². The molecule has 7 nitrogen and oxygen atoms in total. The highest BCUT2D eigenvalue weighted by molar-refractivity contribution is 6.19. The molecule has 0 fully saturated rings. The van der Waals surface area contributed by atoms with Crippen LogP contribution in [0.2, 0.25) is 0 Å². The van der Waals surface area contributed by atoms with Crippen LogP contribution in [0.4, 0.5) is 5.95 Å². The highest BCUT2D eigenvalue weighted by Gasteiger charge is 2.46. The summed E-state index contributed by atoms with van der Waals surface area (Å²) in [7, 11) is 0. The van der Waals surface area contributed by atoms with Crippen molar-refractivity contribution < 1.29 is 19.1 Å². The number of anilines is 1. The number of aliphatic hydroxyl groups excluding tert-OH is 1. The first-order valence-corrected chi connectivity index (χ1v) is 9.20. The normalized spacial score (nSPS) is 16.7. The Morgan fingerprint density at radius 1 is 1.10 bits per heavy atom. The van der Waals surface area contributed by atoms with Gasteiger partial charge in [-0.15, -0.1) is 0 Å². The Bertz CT molecular complexity index is 1070. The summed E-state index contributed by atoms with van der Waals surface area (Å²) in [4.78, 5) is 35.5. The van der Waals surface area contributed by atoms with Crippen LogP contribution in [0.15, 0.2) is 76.9 Å². The lowest BCUT2D eigenvalue weighted by molar-refractivity contribution is -0.117. The fraction of sp³-hybridized carbons (Fsp3) is 0.182. The van der Waals surface area contributed by atoms with E-state index >= 15 is 0 Å². The summed E-state index contributed by atoms with van der Waals surface area (Å²) in [6, 6.07) is 11.4. The Morgan fingerprint density at radius 2 is 1.79 bits per heavy atom. The van der Waals surface area contributed by atoms with Crippen molar-refractivity contribution in [1.82, 2.24) is 9.97 Å². The van der Waals surface area contributed by atoms with Gasteiger partial charge in [-0.25, -0.2) is 9.97 Å². The van der Waals surface area contributed by atoms with Crippen LogP contribution in [0.3, 0.4) is 0 Å². The van der Waals surface area contributed by atoms with Gasteiger partial charge in [0, 0.05) is 12.4 Å². The molecule has 0 spiro atoms. The number of carbonyl (C=O) groups is 2. The second-order valence-electron chi connectivity index (χ2n) is 7.02. The lowest BCUT2D eigenvalue weighted by Gasteiger charge is -2.25. The Labute approximate surface area is 167 Å². The van der Waals surface area contributed by atoms with E-state index in [0.717, 1.165) is 5.56 Å². The SMILES string of the molecule is CC(C)c1ccc(C2C(C(=O)c3ccco3)=C(O)C(=O)N2c2ncccn2)cc1. The molecule has 0 saturated carbocycles. The van der Waals surface area contributed by atoms with Gasteiger partial charge < -0.3 is 9.52 Å². The van der Waals surface area contributed by atoms with Crippen molar-refractivity contribution in [3.8, 4) is 0 Å². The Kier molecular flexibility index (Phi) is 4.72. The smallest absolute Gasteiger partial charge is 0.296 e. The van der Waals surface area contributed by atoms with Crippen LogP contribution in [-0.2, 0) is 4.79 Å². The average Bonchev–Trinajstić information content (AvgIpc) is 3.36. The predicted octanol–water partition coefficient (Wildman–Crippen LogP) is 3.98. The van der Waals surface area contributed by atoms with Crippen LogP contribution in [0.25, 0.3) is 0 Å². The van der Waals surface area contributed by atoms with Crippen molar-refractivity contribution >= 4 is 17.6 Å². The third-order valence-electron chi connectivity index (χ3n) is 4.88. The van der Waals surface area contributed by atoms with Gasteiger partial charge in [-0.2, -0.15) is 0 Å². The number of benzene rings is 1. The van der Waals surface area contributed by atoms with Crippen LogP contribution >= 0.6 is 0 Å². The van der Waals surface area contributed by atoms with Crippen molar-refractivity contribution in [1.29, 1.82) is 0 Å². The lowest BCUT2D eigenvalue weighted by Crippen LogP contribution is -2.32. The number of rotatable bonds is 5. The zero-order valence-corrected chi connectivity index (χ0v) is 15.9. The maximum atomic E-state index is 13.1. The molecule has 0 aliphatic carbocycles. The van der Waals surface area contributed by atoms with Crippen LogP contribution in [0.5, 0.6) is 0 Å². The molecule has 1 aromatic carbocycles. The second kappa shape index (κ2) is 7.35. The number of Topliss-reactive ketones (excluding diaryl/α,β-unsaturated/α-hetero) is 1. The number of nitrogens with zero attached hydrogens (tertiary/aromatic N) is 3. The summed E-state index contributed by atoms with van der Waals surface area (Å²) < 4.78 is 5.21. The minimum Gasteiger partial charge on any atom is -0.503 e. The van der Waals surface area contributed by atoms with Gasteiger partial charge in [0.25, 0.3) is 5.91 Å². The van der Waals surface area contributed by atoms with Crippen molar-refractivity contribution in [2.45, 2.75) is 25.8 Å². The molecule has 1 atom stereocenters. The molecule has 1 unspecified atom stereocenters. The van der Waals surface area contributed by atoms with Gasteiger partial charge in [0.1, 0.15) is 0 Å². The van der Waals surface area contributed by atoms with E-state index < -0.39 is 23.5 Å². The van der Waals surface area contributed by atoms with Gasteiger partial charge in [0.15, 0.2) is 11.5 Å². The number of furan rings is 1. The molecular weight excluding hydrogens is 370 g/mol. The molecule has 0 radical (unpaired) electrons. The number of carbonyl (C=O) groups excluding carboxylic acids is 2. The first kappa shape index (κ1) is 18.6. The van der Waals surface area contributed by atoms with E-state index in [1.807, 2.05) is 24.3 Å². The fourth-order valence-electron chi connectivity index (χ4n) is 3.38. The minimum atomic E-state index is -0.872. The summed E-state index contributed by atoms with van der Waals surface area (Å²) in [6.45, 7) is 4.16. The maximum absolute atomic E-state index is 13.1. The number of aliphatic hydroxyl groups is 1. The van der Waals surface area contributed by atoms with E-state index in [9.17, 15) is 14.7 Å². The molecule has 3 aromatic rings. The van der Waals surface area contributed by atoms with Gasteiger partial charge >= 0.3 is 0 Å². The van der Waals surface area contributed by atoms with Gasteiger partial charge in [-0.05, 0) is 35.2 Å². The molecule has 29 heavy (non-hydrogen) atoms. The van der Waals surface area contributed by atoms with Crippen molar-refractivity contribution in [2.24, 2.45) is 0 Å². The molecule has 1 amide bonds. The van der Waals surface area contributed by atoms with Crippen LogP contribution in [0, 0.1) is 0 Å². The van der Waals surface area contributed by atoms with E-state index in [0.29, 0.717) is 11.5 Å². The third-order valence-corrected chi connectivity index (χ3v) is 4.88. The van der Waals surface area contributed by atoms with Gasteiger partial charge in [-0.3, -0.25) is 14.5 Å². The lowest BCUT2D eigenvalue weighted by atomic mass is 9.93. The molecule has 146 valence electrons. The summed E-state index contributed by atoms with van der Waals surface area (Å²) in [5.74, 6) is -1.45. The fourth-order valence-corrected chi connectivity index (χ4v) is 3.38. The van der Waals surface area contributed by atoms with E-state index in [1.165, 1.54) is 29.6 Å². The molecule has 2 aromatic heterocycles. The monoisotopic (exact) mass is 389 g/mol. The van der Waals surface area contributed by atoms with Crippen LogP contribution in [-0.4, -0.2) is 26.8 Å². The zero-order valence-electron chi connectivity index (χ0n) is 15.9. The summed E-state index contributed by atoms with van der Waals surface area (Å²) in [6.07, 6.45) is 4.36. The quantitative estimate of drug-likeness (QED) is 0.663. The Morgan fingerprint density at radius 3 is 2.38 bits per heavy atom. The third kappa shape index (κ3) is 3.20. The van der Waals surface area contributed by atoms with E-state index in [2.05, 4.69) is 23.8 Å². The Balaban J connectivity index is 1.86. The summed E-state index contributed by atoms with van der Waals surface area (Å²) in [5.41, 5.74) is 1.72. The highest BCUT2D eigenvalue weighted by Crippen LogP contribution is 2.40. The molecule has 1 aliphatic heterocycles. The van der Waals surface area contributed by atoms with Crippen LogP contribution < -0.4 is 4.90 Å². The first-order chi connectivity index (χ1) is 14.0. The first-order valence-electron chi connectivity index (χ1n) is 9.20. The second-order valence-corrected chi connectivity index (χ2v) is 7.02. The molecule has 0 saturated heterocycles.